The van der Waals surface area contributed by atoms with Gasteiger partial charge < -0.3 is 10.2 Å². The molecule has 118 valence electrons. The van der Waals surface area contributed by atoms with E-state index >= 15 is 0 Å². The Morgan fingerprint density at radius 1 is 1.10 bits per heavy atom. The predicted octanol–water partition coefficient (Wildman–Crippen LogP) is 3.10. The molecule has 3 nitrogen and oxygen atoms in total. The smallest absolute Gasteiger partial charge is 0.176 e. The van der Waals surface area contributed by atoms with Crippen molar-refractivity contribution in [2.45, 2.75) is 40.0 Å². The molecule has 1 N–H and O–H groups in total. The maximum Gasteiger partial charge on any atom is 0.176 e. The van der Waals surface area contributed by atoms with Gasteiger partial charge in [-0.15, -0.1) is 0 Å². The van der Waals surface area contributed by atoms with Gasteiger partial charge in [0.25, 0.3) is 0 Å². The fraction of sp³-hybridized carbons (Fsp3) is 0.611. The van der Waals surface area contributed by atoms with Crippen molar-refractivity contribution in [2.75, 3.05) is 32.7 Å². The second-order valence-electron chi connectivity index (χ2n) is 6.45. The van der Waals surface area contributed by atoms with Crippen LogP contribution in [0.4, 0.5) is 0 Å². The fourth-order valence-electron chi connectivity index (χ4n) is 2.24. The summed E-state index contributed by atoms with van der Waals surface area (Å²) in [4.78, 5) is 14.5. The third-order valence-electron chi connectivity index (χ3n) is 3.86. The molecule has 0 aliphatic rings. The summed E-state index contributed by atoms with van der Waals surface area (Å²) in [6.45, 7) is 15.2. The van der Waals surface area contributed by atoms with Crippen LogP contribution in [0.15, 0.2) is 24.3 Å². The minimum absolute atomic E-state index is 0.129. The van der Waals surface area contributed by atoms with E-state index in [2.05, 4.69) is 57.0 Å². The minimum Gasteiger partial charge on any atom is -0.308 e. The van der Waals surface area contributed by atoms with Crippen LogP contribution in [-0.2, 0) is 5.41 Å². The average molecular weight is 290 g/mol. The second-order valence-corrected chi connectivity index (χ2v) is 6.45. The average Bonchev–Trinajstić information content (AvgIpc) is 2.46. The summed E-state index contributed by atoms with van der Waals surface area (Å²) in [7, 11) is 0. The molecule has 1 rings (SSSR count). The van der Waals surface area contributed by atoms with Crippen molar-refractivity contribution in [3.05, 3.63) is 35.4 Å². The van der Waals surface area contributed by atoms with E-state index < -0.39 is 0 Å². The lowest BCUT2D eigenvalue weighted by Gasteiger charge is -2.19. The topological polar surface area (TPSA) is 32.3 Å². The summed E-state index contributed by atoms with van der Waals surface area (Å²) in [5, 5.41) is 3.24. The standard InChI is InChI=1S/C18H30N2O/c1-6-20(7-2)13-12-19-14-17(21)15-8-10-16(11-9-15)18(3,4)5/h8-11,19H,6-7,12-14H2,1-5H3. The number of benzene rings is 1. The molecular formula is C18H30N2O. The SMILES string of the molecule is CCN(CC)CCNCC(=O)c1ccc(C(C)(C)C)cc1. The summed E-state index contributed by atoms with van der Waals surface area (Å²) < 4.78 is 0. The molecule has 0 saturated carbocycles. The van der Waals surface area contributed by atoms with Gasteiger partial charge in [0.1, 0.15) is 0 Å². The summed E-state index contributed by atoms with van der Waals surface area (Å²) in [6, 6.07) is 8.00. The van der Waals surface area contributed by atoms with Crippen molar-refractivity contribution in [1.29, 1.82) is 0 Å². The van der Waals surface area contributed by atoms with Crippen LogP contribution in [0, 0.1) is 0 Å². The van der Waals surface area contributed by atoms with Crippen LogP contribution in [0.1, 0.15) is 50.5 Å². The Bertz CT molecular complexity index is 428. The zero-order chi connectivity index (χ0) is 15.9. The molecule has 0 aliphatic heterocycles. The maximum atomic E-state index is 12.1. The van der Waals surface area contributed by atoms with Crippen LogP contribution in [0.3, 0.4) is 0 Å². The molecule has 1 aromatic carbocycles. The van der Waals surface area contributed by atoms with Crippen LogP contribution >= 0.6 is 0 Å². The molecule has 1 aromatic rings. The Hall–Kier alpha value is -1.19. The van der Waals surface area contributed by atoms with E-state index in [0.29, 0.717) is 6.54 Å². The molecule has 21 heavy (non-hydrogen) atoms. The third-order valence-corrected chi connectivity index (χ3v) is 3.86. The van der Waals surface area contributed by atoms with Crippen LogP contribution in [0.25, 0.3) is 0 Å². The fourth-order valence-corrected chi connectivity index (χ4v) is 2.24. The number of nitrogens with zero attached hydrogens (tertiary/aromatic N) is 1. The van der Waals surface area contributed by atoms with Gasteiger partial charge in [0.05, 0.1) is 6.54 Å². The highest BCUT2D eigenvalue weighted by molar-refractivity contribution is 5.97. The first-order chi connectivity index (χ1) is 9.88. The van der Waals surface area contributed by atoms with Gasteiger partial charge in [0.2, 0.25) is 0 Å². The zero-order valence-corrected chi connectivity index (χ0v) is 14.2. The molecule has 0 aliphatic carbocycles. The van der Waals surface area contributed by atoms with Crippen molar-refractivity contribution in [3.8, 4) is 0 Å². The molecule has 0 saturated heterocycles. The van der Waals surface area contributed by atoms with Crippen LogP contribution < -0.4 is 5.32 Å². The molecule has 0 heterocycles. The molecule has 0 bridgehead atoms. The minimum atomic E-state index is 0.129. The number of likely N-dealkylation sites (N-methyl/N-ethyl adjacent to an activating group) is 1. The monoisotopic (exact) mass is 290 g/mol. The molecule has 0 atom stereocenters. The Balaban J connectivity index is 2.42. The predicted molar refractivity (Wildman–Crippen MR) is 90.1 cm³/mol. The van der Waals surface area contributed by atoms with E-state index in [1.165, 1.54) is 5.56 Å². The van der Waals surface area contributed by atoms with E-state index in [4.69, 9.17) is 0 Å². The van der Waals surface area contributed by atoms with Crippen LogP contribution in [-0.4, -0.2) is 43.4 Å². The van der Waals surface area contributed by atoms with E-state index in [9.17, 15) is 4.79 Å². The molecular weight excluding hydrogens is 260 g/mol. The maximum absolute atomic E-state index is 12.1. The lowest BCUT2D eigenvalue weighted by molar-refractivity contribution is 0.0990. The van der Waals surface area contributed by atoms with Crippen molar-refractivity contribution >= 4 is 5.78 Å². The Morgan fingerprint density at radius 3 is 2.14 bits per heavy atom. The van der Waals surface area contributed by atoms with E-state index in [1.807, 2.05) is 12.1 Å². The highest BCUT2D eigenvalue weighted by Gasteiger charge is 2.14. The first-order valence-corrected chi connectivity index (χ1v) is 7.95. The van der Waals surface area contributed by atoms with E-state index in [-0.39, 0.29) is 11.2 Å². The molecule has 3 heteroatoms. The van der Waals surface area contributed by atoms with Crippen LogP contribution in [0.2, 0.25) is 0 Å². The highest BCUT2D eigenvalue weighted by atomic mass is 16.1. The van der Waals surface area contributed by atoms with Gasteiger partial charge in [-0.1, -0.05) is 58.9 Å². The van der Waals surface area contributed by atoms with Crippen molar-refractivity contribution in [2.24, 2.45) is 0 Å². The summed E-state index contributed by atoms with van der Waals surface area (Å²) in [5.74, 6) is 0.162. The number of rotatable bonds is 8. The second kappa shape index (κ2) is 8.30. The largest absolute Gasteiger partial charge is 0.308 e. The molecule has 0 aromatic heterocycles. The number of carbonyl (C=O) groups excluding carboxylic acids is 1. The number of hydrogen-bond donors (Lipinski definition) is 1. The van der Waals surface area contributed by atoms with Crippen molar-refractivity contribution in [1.82, 2.24) is 10.2 Å². The molecule has 0 spiro atoms. The van der Waals surface area contributed by atoms with E-state index in [0.717, 1.165) is 31.7 Å². The highest BCUT2D eigenvalue weighted by Crippen LogP contribution is 2.22. The lowest BCUT2D eigenvalue weighted by atomic mass is 9.86. The van der Waals surface area contributed by atoms with E-state index in [1.54, 1.807) is 0 Å². The first kappa shape index (κ1) is 17.9. The third kappa shape index (κ3) is 5.98. The summed E-state index contributed by atoms with van der Waals surface area (Å²) >= 11 is 0. The van der Waals surface area contributed by atoms with Gasteiger partial charge in [0, 0.05) is 18.7 Å². The molecule has 0 fully saturated rings. The van der Waals surface area contributed by atoms with Gasteiger partial charge in [-0.05, 0) is 24.1 Å². The lowest BCUT2D eigenvalue weighted by Crippen LogP contribution is -2.34. The normalized spacial score (nSPS) is 11.9. The quantitative estimate of drug-likeness (QED) is 0.590. The Labute approximate surface area is 129 Å². The number of nitrogens with one attached hydrogen (secondary N) is 1. The van der Waals surface area contributed by atoms with Gasteiger partial charge in [-0.2, -0.15) is 0 Å². The number of Topliss-reactive ketones (excluding diaryl/α,β-unsaturated/α-hetero) is 1. The van der Waals surface area contributed by atoms with Crippen molar-refractivity contribution < 1.29 is 4.79 Å². The van der Waals surface area contributed by atoms with Gasteiger partial charge in [-0.3, -0.25) is 4.79 Å². The molecule has 0 unspecified atom stereocenters. The zero-order valence-electron chi connectivity index (χ0n) is 14.2. The molecule has 0 amide bonds. The number of hydrogen-bond acceptors (Lipinski definition) is 3. The summed E-state index contributed by atoms with van der Waals surface area (Å²) in [5.41, 5.74) is 2.18. The Morgan fingerprint density at radius 2 is 1.67 bits per heavy atom. The Kier molecular flexibility index (Phi) is 7.06. The number of carbonyl (C=O) groups is 1. The first-order valence-electron chi connectivity index (χ1n) is 7.95. The van der Waals surface area contributed by atoms with Gasteiger partial charge in [-0.25, -0.2) is 0 Å². The molecule has 0 radical (unpaired) electrons. The number of ketones is 1. The van der Waals surface area contributed by atoms with Crippen molar-refractivity contribution in [3.63, 3.8) is 0 Å². The summed E-state index contributed by atoms with van der Waals surface area (Å²) in [6.07, 6.45) is 0. The van der Waals surface area contributed by atoms with Gasteiger partial charge in [0.15, 0.2) is 5.78 Å². The van der Waals surface area contributed by atoms with Crippen LogP contribution in [0.5, 0.6) is 0 Å². The van der Waals surface area contributed by atoms with Gasteiger partial charge >= 0.3 is 0 Å².